The number of nitrogens with zero attached hydrogens (tertiary/aromatic N) is 1. The third-order valence-electron chi connectivity index (χ3n) is 2.50. The number of aromatic nitrogens is 1. The van der Waals surface area contributed by atoms with Crippen LogP contribution < -0.4 is 5.32 Å². The molecule has 2 N–H and O–H groups in total. The summed E-state index contributed by atoms with van der Waals surface area (Å²) in [6, 6.07) is 2.83. The van der Waals surface area contributed by atoms with Crippen LogP contribution in [0.5, 0.6) is 0 Å². The maximum Gasteiger partial charge on any atom is 0.326 e. The van der Waals surface area contributed by atoms with E-state index in [1.807, 2.05) is 19.1 Å². The molecule has 1 rings (SSSR count). The van der Waals surface area contributed by atoms with Crippen LogP contribution >= 0.6 is 11.8 Å². The zero-order valence-electron chi connectivity index (χ0n) is 10.8. The number of rotatable bonds is 8. The highest BCUT2D eigenvalue weighted by atomic mass is 32.2. The van der Waals surface area contributed by atoms with Crippen molar-refractivity contribution >= 4 is 23.6 Å². The lowest BCUT2D eigenvalue weighted by Gasteiger charge is -2.13. The Morgan fingerprint density at radius 1 is 1.42 bits per heavy atom. The van der Waals surface area contributed by atoms with Crippen molar-refractivity contribution in [3.05, 3.63) is 24.5 Å². The van der Waals surface area contributed by atoms with Crippen molar-refractivity contribution in [1.82, 2.24) is 10.3 Å². The van der Waals surface area contributed by atoms with E-state index in [2.05, 4.69) is 10.3 Å². The van der Waals surface area contributed by atoms with Gasteiger partial charge >= 0.3 is 5.97 Å². The number of hydrogen-bond donors (Lipinski definition) is 2. The van der Waals surface area contributed by atoms with Gasteiger partial charge in [-0.1, -0.05) is 19.8 Å². The highest BCUT2D eigenvalue weighted by Gasteiger charge is 2.18. The first-order valence-corrected chi connectivity index (χ1v) is 7.17. The van der Waals surface area contributed by atoms with Crippen LogP contribution in [-0.2, 0) is 9.59 Å². The third kappa shape index (κ3) is 6.24. The molecule has 0 saturated heterocycles. The molecule has 0 radical (unpaired) electrons. The molecule has 0 aliphatic heterocycles. The highest BCUT2D eigenvalue weighted by Crippen LogP contribution is 2.15. The van der Waals surface area contributed by atoms with Gasteiger partial charge in [0.25, 0.3) is 0 Å². The minimum absolute atomic E-state index is 0.208. The molecule has 0 aliphatic rings. The molecule has 1 atom stereocenters. The standard InChI is InChI=1S/C13H18N2O3S/c1-2-3-4-11(13(17)18)15-12(16)9-19-10-5-7-14-8-6-10/h5-8,11H,2-4,9H2,1H3,(H,15,16)(H,17,18). The Morgan fingerprint density at radius 2 is 2.11 bits per heavy atom. The lowest BCUT2D eigenvalue weighted by Crippen LogP contribution is -2.41. The number of thioether (sulfide) groups is 1. The smallest absolute Gasteiger partial charge is 0.326 e. The summed E-state index contributed by atoms with van der Waals surface area (Å²) in [7, 11) is 0. The molecule has 104 valence electrons. The van der Waals surface area contributed by atoms with Crippen molar-refractivity contribution in [2.75, 3.05) is 5.75 Å². The second kappa shape index (κ2) is 8.53. The van der Waals surface area contributed by atoms with Gasteiger partial charge in [0, 0.05) is 17.3 Å². The van der Waals surface area contributed by atoms with Gasteiger partial charge in [-0.3, -0.25) is 9.78 Å². The van der Waals surface area contributed by atoms with Crippen LogP contribution in [0.2, 0.25) is 0 Å². The Kier molecular flexibility index (Phi) is 6.95. The summed E-state index contributed by atoms with van der Waals surface area (Å²) >= 11 is 1.36. The van der Waals surface area contributed by atoms with Crippen LogP contribution in [0, 0.1) is 0 Å². The Balaban J connectivity index is 2.38. The summed E-state index contributed by atoms with van der Waals surface area (Å²) in [5.41, 5.74) is 0. The molecule has 0 aliphatic carbocycles. The summed E-state index contributed by atoms with van der Waals surface area (Å²) in [6.07, 6.45) is 5.47. The molecule has 1 aromatic rings. The summed E-state index contributed by atoms with van der Waals surface area (Å²) < 4.78 is 0. The summed E-state index contributed by atoms with van der Waals surface area (Å²) in [6.45, 7) is 1.99. The van der Waals surface area contributed by atoms with Gasteiger partial charge in [-0.2, -0.15) is 0 Å². The predicted molar refractivity (Wildman–Crippen MR) is 74.1 cm³/mol. The molecule has 5 nitrogen and oxygen atoms in total. The van der Waals surface area contributed by atoms with Crippen LogP contribution in [0.3, 0.4) is 0 Å². The Labute approximate surface area is 116 Å². The average Bonchev–Trinajstić information content (AvgIpc) is 2.42. The zero-order valence-corrected chi connectivity index (χ0v) is 11.7. The van der Waals surface area contributed by atoms with Crippen molar-refractivity contribution in [1.29, 1.82) is 0 Å². The number of carbonyl (C=O) groups is 2. The molecule has 1 unspecified atom stereocenters. The largest absolute Gasteiger partial charge is 0.480 e. The number of carboxylic acids is 1. The Morgan fingerprint density at radius 3 is 2.68 bits per heavy atom. The van der Waals surface area contributed by atoms with Crippen LogP contribution in [0.15, 0.2) is 29.4 Å². The first-order valence-electron chi connectivity index (χ1n) is 6.18. The number of nitrogens with one attached hydrogen (secondary N) is 1. The molecule has 0 spiro atoms. The van der Waals surface area contributed by atoms with Gasteiger partial charge in [0.05, 0.1) is 5.75 Å². The van der Waals surface area contributed by atoms with Crippen LogP contribution in [0.4, 0.5) is 0 Å². The normalized spacial score (nSPS) is 11.8. The van der Waals surface area contributed by atoms with E-state index in [0.29, 0.717) is 6.42 Å². The Hall–Kier alpha value is -1.56. The molecule has 0 saturated carbocycles. The lowest BCUT2D eigenvalue weighted by atomic mass is 10.1. The van der Waals surface area contributed by atoms with Crippen molar-refractivity contribution in [3.63, 3.8) is 0 Å². The van der Waals surface area contributed by atoms with E-state index in [-0.39, 0.29) is 11.7 Å². The van der Waals surface area contributed by atoms with Crippen LogP contribution in [0.1, 0.15) is 26.2 Å². The molecule has 0 bridgehead atoms. The number of carboxylic acid groups (broad SMARTS) is 1. The monoisotopic (exact) mass is 282 g/mol. The van der Waals surface area contributed by atoms with Crippen LogP contribution in [-0.4, -0.2) is 33.8 Å². The topological polar surface area (TPSA) is 79.3 Å². The van der Waals surface area contributed by atoms with Crippen molar-refractivity contribution < 1.29 is 14.7 Å². The van der Waals surface area contributed by atoms with Gasteiger partial charge < -0.3 is 10.4 Å². The number of amides is 1. The fourth-order valence-corrected chi connectivity index (χ4v) is 2.18. The molecule has 1 heterocycles. The number of pyridine rings is 1. The second-order valence-electron chi connectivity index (χ2n) is 4.07. The van der Waals surface area contributed by atoms with E-state index in [0.717, 1.165) is 17.7 Å². The molecule has 0 fully saturated rings. The molecule has 1 amide bonds. The first kappa shape index (κ1) is 15.5. The van der Waals surface area contributed by atoms with E-state index in [1.54, 1.807) is 12.4 Å². The maximum absolute atomic E-state index is 11.7. The SMILES string of the molecule is CCCCC(NC(=O)CSc1ccncc1)C(=O)O. The van der Waals surface area contributed by atoms with Gasteiger partial charge in [-0.05, 0) is 18.6 Å². The van der Waals surface area contributed by atoms with Crippen molar-refractivity contribution in [2.45, 2.75) is 37.1 Å². The van der Waals surface area contributed by atoms with E-state index in [1.165, 1.54) is 11.8 Å². The van der Waals surface area contributed by atoms with Gasteiger partial charge in [0.1, 0.15) is 6.04 Å². The third-order valence-corrected chi connectivity index (χ3v) is 3.51. The molecule has 6 heteroatoms. The molecule has 0 aromatic carbocycles. The highest BCUT2D eigenvalue weighted by molar-refractivity contribution is 8.00. The van der Waals surface area contributed by atoms with E-state index < -0.39 is 12.0 Å². The quantitative estimate of drug-likeness (QED) is 0.712. The zero-order chi connectivity index (χ0) is 14.1. The van der Waals surface area contributed by atoms with Crippen molar-refractivity contribution in [3.8, 4) is 0 Å². The van der Waals surface area contributed by atoms with Gasteiger partial charge in [0.15, 0.2) is 0 Å². The molecule has 19 heavy (non-hydrogen) atoms. The van der Waals surface area contributed by atoms with E-state index in [4.69, 9.17) is 5.11 Å². The van der Waals surface area contributed by atoms with E-state index in [9.17, 15) is 9.59 Å². The van der Waals surface area contributed by atoms with E-state index >= 15 is 0 Å². The number of unbranched alkanes of at least 4 members (excludes halogenated alkanes) is 1. The minimum Gasteiger partial charge on any atom is -0.480 e. The molecular weight excluding hydrogens is 264 g/mol. The lowest BCUT2D eigenvalue weighted by molar-refractivity contribution is -0.141. The molecule has 1 aromatic heterocycles. The van der Waals surface area contributed by atoms with Gasteiger partial charge in [-0.25, -0.2) is 4.79 Å². The van der Waals surface area contributed by atoms with Gasteiger partial charge in [0.2, 0.25) is 5.91 Å². The minimum atomic E-state index is -0.976. The molecular formula is C13H18N2O3S. The second-order valence-corrected chi connectivity index (χ2v) is 5.12. The summed E-state index contributed by atoms with van der Waals surface area (Å²) in [5, 5.41) is 11.6. The fraction of sp³-hybridized carbons (Fsp3) is 0.462. The van der Waals surface area contributed by atoms with Crippen LogP contribution in [0.25, 0.3) is 0 Å². The summed E-state index contributed by atoms with van der Waals surface area (Å²) in [5.74, 6) is -1.03. The van der Waals surface area contributed by atoms with Crippen molar-refractivity contribution in [2.24, 2.45) is 0 Å². The maximum atomic E-state index is 11.7. The Bertz CT molecular complexity index is 412. The predicted octanol–water partition coefficient (Wildman–Crippen LogP) is 1.93. The number of hydrogen-bond acceptors (Lipinski definition) is 4. The number of carbonyl (C=O) groups excluding carboxylic acids is 1. The van der Waals surface area contributed by atoms with Gasteiger partial charge in [-0.15, -0.1) is 11.8 Å². The summed E-state index contributed by atoms with van der Waals surface area (Å²) in [4.78, 5) is 27.5. The fourth-order valence-electron chi connectivity index (χ4n) is 1.48. The number of aliphatic carboxylic acids is 1. The average molecular weight is 282 g/mol. The first-order chi connectivity index (χ1) is 9.13.